The fourth-order valence-corrected chi connectivity index (χ4v) is 3.39. The Hall–Kier alpha value is -0.0800. The summed E-state index contributed by atoms with van der Waals surface area (Å²) in [7, 11) is 0. The van der Waals surface area contributed by atoms with Crippen molar-refractivity contribution in [2.75, 3.05) is 13.1 Å². The lowest BCUT2D eigenvalue weighted by Crippen LogP contribution is -2.55. The maximum atomic E-state index is 5.98. The molecule has 0 aromatic heterocycles. The molecule has 3 unspecified atom stereocenters. The molecule has 3 N–H and O–H groups in total. The van der Waals surface area contributed by atoms with Crippen LogP contribution in [-0.2, 0) is 0 Å². The van der Waals surface area contributed by atoms with E-state index < -0.39 is 0 Å². The molecule has 0 radical (unpaired) electrons. The lowest BCUT2D eigenvalue weighted by Gasteiger charge is -2.38. The number of nitrogens with two attached hydrogens (primary N) is 1. The van der Waals surface area contributed by atoms with Crippen molar-refractivity contribution in [2.45, 2.75) is 45.1 Å². The van der Waals surface area contributed by atoms with Gasteiger partial charge in [-0.2, -0.15) is 0 Å². The maximum Gasteiger partial charge on any atom is 0.0335 e. The van der Waals surface area contributed by atoms with E-state index in [1.807, 2.05) is 0 Å². The lowest BCUT2D eigenvalue weighted by atomic mass is 9.80. The van der Waals surface area contributed by atoms with E-state index in [0.717, 1.165) is 30.8 Å². The Morgan fingerprint density at radius 3 is 2.64 bits per heavy atom. The minimum atomic E-state index is 0.313. The zero-order chi connectivity index (χ0) is 10.2. The molecular formula is C12H24N2. The highest BCUT2D eigenvalue weighted by molar-refractivity contribution is 5.06. The van der Waals surface area contributed by atoms with Crippen molar-refractivity contribution in [3.05, 3.63) is 0 Å². The van der Waals surface area contributed by atoms with Crippen LogP contribution in [-0.4, -0.2) is 18.6 Å². The Balaban J connectivity index is 1.97. The molecule has 2 fully saturated rings. The second kappa shape index (κ2) is 3.82. The zero-order valence-electron chi connectivity index (χ0n) is 9.55. The highest BCUT2D eigenvalue weighted by atomic mass is 15.0. The van der Waals surface area contributed by atoms with Gasteiger partial charge in [0.25, 0.3) is 0 Å². The van der Waals surface area contributed by atoms with Gasteiger partial charge in [0.2, 0.25) is 0 Å². The summed E-state index contributed by atoms with van der Waals surface area (Å²) in [5.41, 5.74) is 6.29. The lowest BCUT2D eigenvalue weighted by molar-refractivity contribution is 0.209. The number of hydrogen-bond donors (Lipinski definition) is 2. The first-order valence-corrected chi connectivity index (χ1v) is 6.11. The van der Waals surface area contributed by atoms with Crippen molar-refractivity contribution >= 4 is 0 Å². The molecule has 2 heteroatoms. The Kier molecular flexibility index (Phi) is 2.85. The topological polar surface area (TPSA) is 38.0 Å². The predicted molar refractivity (Wildman–Crippen MR) is 60.1 cm³/mol. The van der Waals surface area contributed by atoms with Gasteiger partial charge >= 0.3 is 0 Å². The predicted octanol–water partition coefficient (Wildman–Crippen LogP) is 1.75. The van der Waals surface area contributed by atoms with Crippen LogP contribution in [0.1, 0.15) is 39.5 Å². The molecule has 0 heterocycles. The van der Waals surface area contributed by atoms with E-state index in [-0.39, 0.29) is 0 Å². The summed E-state index contributed by atoms with van der Waals surface area (Å²) in [6.07, 6.45) is 5.63. The first kappa shape index (κ1) is 10.4. The Bertz CT molecular complexity index is 202. The third-order valence-corrected chi connectivity index (χ3v) is 4.20. The Labute approximate surface area is 87.6 Å². The summed E-state index contributed by atoms with van der Waals surface area (Å²) in [5.74, 6) is 2.58. The smallest absolute Gasteiger partial charge is 0.0335 e. The zero-order valence-corrected chi connectivity index (χ0v) is 9.55. The molecule has 2 aliphatic carbocycles. The van der Waals surface area contributed by atoms with Crippen LogP contribution >= 0.6 is 0 Å². The molecule has 0 aromatic carbocycles. The van der Waals surface area contributed by atoms with Gasteiger partial charge in [0.05, 0.1) is 0 Å². The van der Waals surface area contributed by atoms with Crippen LogP contribution in [0.15, 0.2) is 0 Å². The van der Waals surface area contributed by atoms with Gasteiger partial charge in [-0.05, 0) is 43.6 Å². The first-order valence-electron chi connectivity index (χ1n) is 6.11. The summed E-state index contributed by atoms with van der Waals surface area (Å²) >= 11 is 0. The highest BCUT2D eigenvalue weighted by Crippen LogP contribution is 2.50. The number of rotatable bonds is 4. The molecule has 0 amide bonds. The molecule has 14 heavy (non-hydrogen) atoms. The molecule has 0 saturated heterocycles. The molecule has 0 spiro atoms. The van der Waals surface area contributed by atoms with Crippen molar-refractivity contribution in [3.8, 4) is 0 Å². The minimum Gasteiger partial charge on any atom is -0.329 e. The van der Waals surface area contributed by atoms with Crippen LogP contribution in [0.4, 0.5) is 0 Å². The average Bonchev–Trinajstić information content (AvgIpc) is 2.74. The SMILES string of the molecule is CC(C)CNC1(CN)CC2CCC1C2. The highest BCUT2D eigenvalue weighted by Gasteiger charge is 2.49. The molecule has 2 saturated carbocycles. The minimum absolute atomic E-state index is 0.313. The van der Waals surface area contributed by atoms with E-state index in [4.69, 9.17) is 5.73 Å². The van der Waals surface area contributed by atoms with Crippen LogP contribution in [0.3, 0.4) is 0 Å². The van der Waals surface area contributed by atoms with Crippen LogP contribution in [0.5, 0.6) is 0 Å². The van der Waals surface area contributed by atoms with Gasteiger partial charge in [0.1, 0.15) is 0 Å². The monoisotopic (exact) mass is 196 g/mol. The fourth-order valence-electron chi connectivity index (χ4n) is 3.39. The Morgan fingerprint density at radius 2 is 2.21 bits per heavy atom. The van der Waals surface area contributed by atoms with Gasteiger partial charge < -0.3 is 11.1 Å². The van der Waals surface area contributed by atoms with Gasteiger partial charge in [-0.25, -0.2) is 0 Å². The third-order valence-electron chi connectivity index (χ3n) is 4.20. The summed E-state index contributed by atoms with van der Waals surface area (Å²) in [6.45, 7) is 6.50. The van der Waals surface area contributed by atoms with Crippen molar-refractivity contribution in [2.24, 2.45) is 23.5 Å². The largest absolute Gasteiger partial charge is 0.329 e. The molecule has 2 rings (SSSR count). The third kappa shape index (κ3) is 1.70. The van der Waals surface area contributed by atoms with Crippen molar-refractivity contribution in [1.29, 1.82) is 0 Å². The van der Waals surface area contributed by atoms with Crippen LogP contribution < -0.4 is 11.1 Å². The summed E-state index contributed by atoms with van der Waals surface area (Å²) in [5, 5.41) is 3.75. The van der Waals surface area contributed by atoms with Gasteiger partial charge in [0, 0.05) is 12.1 Å². The molecule has 82 valence electrons. The molecule has 2 bridgehead atoms. The standard InChI is InChI=1S/C12H24N2/c1-9(2)7-14-12(8-13)6-10-3-4-11(12)5-10/h9-11,14H,3-8,13H2,1-2H3. The molecule has 0 aliphatic heterocycles. The first-order chi connectivity index (χ1) is 6.66. The normalized spacial score (nSPS) is 41.1. The maximum absolute atomic E-state index is 5.98. The van der Waals surface area contributed by atoms with E-state index in [9.17, 15) is 0 Å². The average molecular weight is 196 g/mol. The fraction of sp³-hybridized carbons (Fsp3) is 1.00. The van der Waals surface area contributed by atoms with Crippen LogP contribution in [0.2, 0.25) is 0 Å². The molecule has 0 aromatic rings. The van der Waals surface area contributed by atoms with Gasteiger partial charge in [-0.15, -0.1) is 0 Å². The summed E-state index contributed by atoms with van der Waals surface area (Å²) in [4.78, 5) is 0. The Morgan fingerprint density at radius 1 is 1.43 bits per heavy atom. The molecule has 2 aliphatic rings. The summed E-state index contributed by atoms with van der Waals surface area (Å²) < 4.78 is 0. The van der Waals surface area contributed by atoms with E-state index in [1.165, 1.54) is 25.7 Å². The molecule has 2 nitrogen and oxygen atoms in total. The van der Waals surface area contributed by atoms with Crippen LogP contribution in [0, 0.1) is 17.8 Å². The number of hydrogen-bond acceptors (Lipinski definition) is 2. The molecule has 3 atom stereocenters. The number of nitrogens with one attached hydrogen (secondary N) is 1. The molecular weight excluding hydrogens is 172 g/mol. The van der Waals surface area contributed by atoms with Gasteiger partial charge in [-0.3, -0.25) is 0 Å². The van der Waals surface area contributed by atoms with E-state index in [2.05, 4.69) is 19.2 Å². The van der Waals surface area contributed by atoms with Crippen LogP contribution in [0.25, 0.3) is 0 Å². The second-order valence-electron chi connectivity index (χ2n) is 5.72. The van der Waals surface area contributed by atoms with E-state index >= 15 is 0 Å². The van der Waals surface area contributed by atoms with Crippen molar-refractivity contribution in [3.63, 3.8) is 0 Å². The van der Waals surface area contributed by atoms with Crippen molar-refractivity contribution < 1.29 is 0 Å². The van der Waals surface area contributed by atoms with Crippen molar-refractivity contribution in [1.82, 2.24) is 5.32 Å². The summed E-state index contributed by atoms with van der Waals surface area (Å²) in [6, 6.07) is 0. The van der Waals surface area contributed by atoms with Gasteiger partial charge in [0.15, 0.2) is 0 Å². The van der Waals surface area contributed by atoms with Gasteiger partial charge in [-0.1, -0.05) is 20.3 Å². The van der Waals surface area contributed by atoms with E-state index in [0.29, 0.717) is 5.54 Å². The quantitative estimate of drug-likeness (QED) is 0.719. The second-order valence-corrected chi connectivity index (χ2v) is 5.72. The van der Waals surface area contributed by atoms with E-state index in [1.54, 1.807) is 0 Å². The number of fused-ring (bicyclic) bond motifs is 2.